The molecule has 2 aliphatic rings. The lowest BCUT2D eigenvalue weighted by Crippen LogP contribution is -2.37. The number of rotatable bonds is 6. The van der Waals surface area contributed by atoms with E-state index in [1.165, 1.54) is 18.5 Å². The van der Waals surface area contributed by atoms with Crippen LogP contribution in [0, 0.1) is 0 Å². The van der Waals surface area contributed by atoms with Crippen LogP contribution in [-0.4, -0.2) is 50.8 Å². The van der Waals surface area contributed by atoms with Crippen LogP contribution in [0.4, 0.5) is 0 Å². The molecule has 0 spiro atoms. The first kappa shape index (κ1) is 11.6. The van der Waals surface area contributed by atoms with Crippen molar-refractivity contribution in [3.8, 4) is 0 Å². The van der Waals surface area contributed by atoms with E-state index in [0.717, 1.165) is 39.4 Å². The van der Waals surface area contributed by atoms with Crippen LogP contribution in [0.5, 0.6) is 0 Å². The number of hydrogen-bond donors (Lipinski definition) is 1. The summed E-state index contributed by atoms with van der Waals surface area (Å²) in [5.41, 5.74) is 4.44. The highest BCUT2D eigenvalue weighted by Crippen LogP contribution is 2.00. The predicted molar refractivity (Wildman–Crippen MR) is 65.5 cm³/mol. The molecule has 88 valence electrons. The Balaban J connectivity index is 1.48. The van der Waals surface area contributed by atoms with Gasteiger partial charge < -0.3 is 10.1 Å². The third kappa shape index (κ3) is 3.95. The van der Waals surface area contributed by atoms with Gasteiger partial charge in [-0.3, -0.25) is 4.90 Å². The first-order valence-electron chi connectivity index (χ1n) is 6.08. The van der Waals surface area contributed by atoms with E-state index in [4.69, 9.17) is 4.74 Å². The van der Waals surface area contributed by atoms with Crippen molar-refractivity contribution in [2.45, 2.75) is 6.42 Å². The minimum Gasteiger partial charge on any atom is -0.379 e. The molecule has 1 aliphatic carbocycles. The van der Waals surface area contributed by atoms with Gasteiger partial charge in [0.15, 0.2) is 0 Å². The summed E-state index contributed by atoms with van der Waals surface area (Å²) in [5, 5.41) is 3.44. The Hall–Kier alpha value is -0.860. The number of morpholine rings is 1. The quantitative estimate of drug-likeness (QED) is 0.533. The fourth-order valence-corrected chi connectivity index (χ4v) is 1.95. The average Bonchev–Trinajstić information content (AvgIpc) is 2.83. The van der Waals surface area contributed by atoms with Crippen LogP contribution in [0.3, 0.4) is 0 Å². The smallest absolute Gasteiger partial charge is 0.0594 e. The first-order valence-corrected chi connectivity index (χ1v) is 6.08. The van der Waals surface area contributed by atoms with Gasteiger partial charge >= 0.3 is 0 Å². The van der Waals surface area contributed by atoms with E-state index in [2.05, 4.69) is 22.0 Å². The Morgan fingerprint density at radius 3 is 3.00 bits per heavy atom. The van der Waals surface area contributed by atoms with Gasteiger partial charge in [-0.1, -0.05) is 6.08 Å². The number of ether oxygens (including phenoxy) is 1. The summed E-state index contributed by atoms with van der Waals surface area (Å²) >= 11 is 0. The molecule has 0 unspecified atom stereocenters. The molecule has 3 nitrogen and oxygen atoms in total. The van der Waals surface area contributed by atoms with E-state index >= 15 is 0 Å². The minimum absolute atomic E-state index is 0.899. The van der Waals surface area contributed by atoms with Crippen molar-refractivity contribution in [2.24, 2.45) is 0 Å². The molecule has 0 bridgehead atoms. The second-order valence-corrected chi connectivity index (χ2v) is 4.18. The Morgan fingerprint density at radius 1 is 1.38 bits per heavy atom. The molecule has 0 aromatic rings. The van der Waals surface area contributed by atoms with Gasteiger partial charge in [0, 0.05) is 25.2 Å². The molecule has 3 heteroatoms. The predicted octanol–water partition coefficient (Wildman–Crippen LogP) is 0.950. The zero-order valence-corrected chi connectivity index (χ0v) is 9.74. The Labute approximate surface area is 97.5 Å². The zero-order chi connectivity index (χ0) is 11.1. The van der Waals surface area contributed by atoms with Crippen LogP contribution >= 0.6 is 0 Å². The summed E-state index contributed by atoms with van der Waals surface area (Å²) in [6.07, 6.45) is 7.31. The van der Waals surface area contributed by atoms with Crippen molar-refractivity contribution in [3.05, 3.63) is 29.5 Å². The SMILES string of the molecule is C1=CC=CC=1CNCCCN1CCOCC1. The fourth-order valence-electron chi connectivity index (χ4n) is 1.95. The molecule has 16 heavy (non-hydrogen) atoms. The Bertz CT molecular complexity index is 297. The van der Waals surface area contributed by atoms with E-state index in [1.54, 1.807) is 0 Å². The van der Waals surface area contributed by atoms with Crippen LogP contribution in [0.2, 0.25) is 0 Å². The molecule has 0 radical (unpaired) electrons. The van der Waals surface area contributed by atoms with Crippen LogP contribution in [0.1, 0.15) is 6.42 Å². The summed E-state index contributed by atoms with van der Waals surface area (Å²) in [6.45, 7) is 7.19. The maximum absolute atomic E-state index is 5.31. The maximum atomic E-state index is 5.31. The van der Waals surface area contributed by atoms with E-state index < -0.39 is 0 Å². The molecule has 0 saturated carbocycles. The first-order chi connectivity index (χ1) is 7.95. The van der Waals surface area contributed by atoms with Gasteiger partial charge in [-0.15, -0.1) is 5.73 Å². The standard InChI is InChI=1S/C13H20N2O/c1-2-5-13(4-1)12-14-6-3-7-15-8-10-16-11-9-15/h1-2,4,14H,3,6-12H2. The molecule has 1 saturated heterocycles. The molecule has 0 amide bonds. The van der Waals surface area contributed by atoms with Crippen molar-refractivity contribution in [2.75, 3.05) is 45.9 Å². The second-order valence-electron chi connectivity index (χ2n) is 4.18. The molecule has 1 aliphatic heterocycles. The Kier molecular flexibility index (Phi) is 4.84. The zero-order valence-electron chi connectivity index (χ0n) is 9.74. The van der Waals surface area contributed by atoms with Gasteiger partial charge in [-0.05, 0) is 31.7 Å². The average molecular weight is 220 g/mol. The molecule has 1 N–H and O–H groups in total. The Morgan fingerprint density at radius 2 is 2.25 bits per heavy atom. The molecular weight excluding hydrogens is 200 g/mol. The second kappa shape index (κ2) is 6.66. The van der Waals surface area contributed by atoms with Gasteiger partial charge in [0.2, 0.25) is 0 Å². The molecule has 1 fully saturated rings. The molecule has 0 aromatic carbocycles. The minimum atomic E-state index is 0.899. The van der Waals surface area contributed by atoms with Crippen LogP contribution in [0.15, 0.2) is 29.5 Å². The molecule has 0 atom stereocenters. The van der Waals surface area contributed by atoms with Crippen molar-refractivity contribution in [3.63, 3.8) is 0 Å². The van der Waals surface area contributed by atoms with Gasteiger partial charge in [0.25, 0.3) is 0 Å². The summed E-state index contributed by atoms with van der Waals surface area (Å²) in [5.74, 6) is 0. The third-order valence-corrected chi connectivity index (χ3v) is 2.91. The lowest BCUT2D eigenvalue weighted by Gasteiger charge is -2.26. The summed E-state index contributed by atoms with van der Waals surface area (Å²) in [6, 6.07) is 0. The van der Waals surface area contributed by atoms with Crippen LogP contribution in [0.25, 0.3) is 0 Å². The lowest BCUT2D eigenvalue weighted by atomic mass is 10.3. The van der Waals surface area contributed by atoms with Gasteiger partial charge in [0.05, 0.1) is 13.2 Å². The van der Waals surface area contributed by atoms with Crippen molar-refractivity contribution in [1.29, 1.82) is 0 Å². The van der Waals surface area contributed by atoms with Crippen LogP contribution < -0.4 is 5.32 Å². The summed E-state index contributed by atoms with van der Waals surface area (Å²) in [7, 11) is 0. The van der Waals surface area contributed by atoms with Gasteiger partial charge in [-0.25, -0.2) is 0 Å². The van der Waals surface area contributed by atoms with E-state index in [1.807, 2.05) is 12.2 Å². The largest absolute Gasteiger partial charge is 0.379 e. The van der Waals surface area contributed by atoms with Crippen LogP contribution in [-0.2, 0) is 4.74 Å². The van der Waals surface area contributed by atoms with E-state index in [9.17, 15) is 0 Å². The maximum Gasteiger partial charge on any atom is 0.0594 e. The van der Waals surface area contributed by atoms with E-state index in [0.29, 0.717) is 0 Å². The highest BCUT2D eigenvalue weighted by Gasteiger charge is 2.08. The lowest BCUT2D eigenvalue weighted by molar-refractivity contribution is 0.0375. The number of hydrogen-bond acceptors (Lipinski definition) is 3. The molecule has 1 heterocycles. The highest BCUT2D eigenvalue weighted by molar-refractivity contribution is 5.29. The van der Waals surface area contributed by atoms with Crippen molar-refractivity contribution < 1.29 is 4.74 Å². The summed E-state index contributed by atoms with van der Waals surface area (Å²) < 4.78 is 5.31. The monoisotopic (exact) mass is 220 g/mol. The molecule has 2 rings (SSSR count). The normalized spacial score (nSPS) is 20.4. The third-order valence-electron chi connectivity index (χ3n) is 2.91. The summed E-state index contributed by atoms with van der Waals surface area (Å²) in [4.78, 5) is 2.47. The fraction of sp³-hybridized carbons (Fsp3) is 0.615. The topological polar surface area (TPSA) is 24.5 Å². The van der Waals surface area contributed by atoms with Gasteiger partial charge in [0.1, 0.15) is 0 Å². The highest BCUT2D eigenvalue weighted by atomic mass is 16.5. The number of nitrogens with one attached hydrogen (secondary N) is 1. The van der Waals surface area contributed by atoms with E-state index in [-0.39, 0.29) is 0 Å². The van der Waals surface area contributed by atoms with Gasteiger partial charge in [-0.2, -0.15) is 0 Å². The molecule has 0 aromatic heterocycles. The number of nitrogens with zero attached hydrogens (tertiary/aromatic N) is 1. The number of allylic oxidation sites excluding steroid dienone is 1. The molecular formula is C13H20N2O. The van der Waals surface area contributed by atoms with Crippen molar-refractivity contribution >= 4 is 0 Å². The van der Waals surface area contributed by atoms with Crippen molar-refractivity contribution in [1.82, 2.24) is 10.2 Å².